The summed E-state index contributed by atoms with van der Waals surface area (Å²) in [5.41, 5.74) is 6.33. The fourth-order valence-corrected chi connectivity index (χ4v) is 2.72. The van der Waals surface area contributed by atoms with Crippen molar-refractivity contribution in [3.05, 3.63) is 24.0 Å². The van der Waals surface area contributed by atoms with Crippen LogP contribution in [0.15, 0.2) is 18.2 Å². The number of hydrogen-bond acceptors (Lipinski definition) is 7. The fraction of sp³-hybridized carbons (Fsp3) is 0.438. The first-order valence-corrected chi connectivity index (χ1v) is 8.03. The molecule has 3 N–H and O–H groups in total. The Bertz CT molecular complexity index is 703. The number of methoxy groups -OCH3 is 1. The number of nitrogens with two attached hydrogens (primary N) is 1. The summed E-state index contributed by atoms with van der Waals surface area (Å²) < 4.78 is 18.7. The zero-order valence-electron chi connectivity index (χ0n) is 13.6. The predicted molar refractivity (Wildman–Crippen MR) is 91.2 cm³/mol. The van der Waals surface area contributed by atoms with Crippen molar-refractivity contribution in [2.24, 2.45) is 0 Å². The number of nitrogens with one attached hydrogen (secondary N) is 1. The lowest BCUT2D eigenvalue weighted by Gasteiger charge is -2.20. The third kappa shape index (κ3) is 3.81. The van der Waals surface area contributed by atoms with E-state index in [0.717, 1.165) is 25.9 Å². The Morgan fingerprint density at radius 3 is 2.54 bits per heavy atom. The van der Waals surface area contributed by atoms with Crippen LogP contribution in [-0.4, -0.2) is 35.2 Å². The molecule has 24 heavy (non-hydrogen) atoms. The van der Waals surface area contributed by atoms with Gasteiger partial charge in [0.15, 0.2) is 11.6 Å². The van der Waals surface area contributed by atoms with Crippen molar-refractivity contribution in [1.82, 2.24) is 15.0 Å². The average Bonchev–Trinajstić information content (AvgIpc) is 2.84. The van der Waals surface area contributed by atoms with E-state index in [9.17, 15) is 4.39 Å². The van der Waals surface area contributed by atoms with Crippen LogP contribution in [0.3, 0.4) is 0 Å². The van der Waals surface area contributed by atoms with Crippen molar-refractivity contribution in [1.29, 1.82) is 0 Å². The summed E-state index contributed by atoms with van der Waals surface area (Å²) in [4.78, 5) is 14.9. The molecule has 0 bridgehead atoms. The Hall–Kier alpha value is -2.64. The van der Waals surface area contributed by atoms with Gasteiger partial charge < -0.3 is 20.7 Å². The molecule has 1 aromatic carbocycles. The van der Waals surface area contributed by atoms with Gasteiger partial charge in [0.05, 0.1) is 7.11 Å². The maximum atomic E-state index is 13.8. The minimum Gasteiger partial charge on any atom is -0.494 e. The van der Waals surface area contributed by atoms with E-state index < -0.39 is 5.82 Å². The van der Waals surface area contributed by atoms with E-state index in [1.54, 1.807) is 6.07 Å². The maximum Gasteiger partial charge on any atom is 0.233 e. The van der Waals surface area contributed by atoms with Gasteiger partial charge >= 0.3 is 0 Å². The molecule has 0 radical (unpaired) electrons. The van der Waals surface area contributed by atoms with E-state index >= 15 is 0 Å². The van der Waals surface area contributed by atoms with Crippen molar-refractivity contribution in [3.8, 4) is 5.75 Å². The smallest absolute Gasteiger partial charge is 0.233 e. The molecule has 0 unspecified atom stereocenters. The molecule has 2 heterocycles. The molecule has 7 nitrogen and oxygen atoms in total. The zero-order valence-corrected chi connectivity index (χ0v) is 13.6. The van der Waals surface area contributed by atoms with Crippen LogP contribution in [0.25, 0.3) is 0 Å². The van der Waals surface area contributed by atoms with Crippen LogP contribution in [0.2, 0.25) is 0 Å². The van der Waals surface area contributed by atoms with Crippen LogP contribution < -0.4 is 20.7 Å². The van der Waals surface area contributed by atoms with Gasteiger partial charge in [-0.2, -0.15) is 15.0 Å². The third-order valence-electron chi connectivity index (χ3n) is 3.94. The first-order chi connectivity index (χ1) is 11.7. The minimum absolute atomic E-state index is 0.140. The molecule has 0 aliphatic carbocycles. The van der Waals surface area contributed by atoms with Crippen molar-refractivity contribution >= 4 is 23.5 Å². The number of rotatable bonds is 4. The number of aromatic nitrogens is 3. The molecule has 0 saturated carbocycles. The SMILES string of the molecule is COc1ccc(Nc2nc(N)nc(N3CCCCCC3)n2)cc1F. The van der Waals surface area contributed by atoms with Crippen LogP contribution in [0.1, 0.15) is 25.7 Å². The van der Waals surface area contributed by atoms with Crippen molar-refractivity contribution in [2.75, 3.05) is 36.1 Å². The van der Waals surface area contributed by atoms with Gasteiger partial charge in [0, 0.05) is 24.8 Å². The number of ether oxygens (including phenoxy) is 1. The van der Waals surface area contributed by atoms with Crippen LogP contribution >= 0.6 is 0 Å². The summed E-state index contributed by atoms with van der Waals surface area (Å²) in [5.74, 6) is 0.714. The Morgan fingerprint density at radius 1 is 1.12 bits per heavy atom. The number of halogens is 1. The van der Waals surface area contributed by atoms with Gasteiger partial charge in [0.25, 0.3) is 0 Å². The molecule has 1 aliphatic heterocycles. The van der Waals surface area contributed by atoms with E-state index in [-0.39, 0.29) is 11.7 Å². The molecule has 1 fully saturated rings. The van der Waals surface area contributed by atoms with Gasteiger partial charge in [-0.1, -0.05) is 12.8 Å². The predicted octanol–water partition coefficient (Wildman–Crippen LogP) is 2.73. The Morgan fingerprint density at radius 2 is 1.88 bits per heavy atom. The van der Waals surface area contributed by atoms with Crippen LogP contribution in [0.4, 0.5) is 27.9 Å². The summed E-state index contributed by atoms with van der Waals surface area (Å²) in [6.45, 7) is 1.81. The van der Waals surface area contributed by atoms with Gasteiger partial charge in [-0.05, 0) is 25.0 Å². The largest absolute Gasteiger partial charge is 0.494 e. The van der Waals surface area contributed by atoms with E-state index in [4.69, 9.17) is 10.5 Å². The van der Waals surface area contributed by atoms with Crippen molar-refractivity contribution < 1.29 is 9.13 Å². The highest BCUT2D eigenvalue weighted by Crippen LogP contribution is 2.23. The monoisotopic (exact) mass is 332 g/mol. The van der Waals surface area contributed by atoms with Crippen LogP contribution in [-0.2, 0) is 0 Å². The highest BCUT2D eigenvalue weighted by atomic mass is 19.1. The summed E-state index contributed by atoms with van der Waals surface area (Å²) in [7, 11) is 1.42. The lowest BCUT2D eigenvalue weighted by atomic mass is 10.2. The Balaban J connectivity index is 1.81. The first kappa shape index (κ1) is 16.2. The Kier molecular flexibility index (Phi) is 4.93. The molecule has 8 heteroatoms. The molecule has 2 aromatic rings. The van der Waals surface area contributed by atoms with Crippen LogP contribution in [0.5, 0.6) is 5.75 Å². The van der Waals surface area contributed by atoms with Crippen molar-refractivity contribution in [3.63, 3.8) is 0 Å². The first-order valence-electron chi connectivity index (χ1n) is 8.03. The van der Waals surface area contributed by atoms with E-state index in [1.807, 2.05) is 0 Å². The summed E-state index contributed by atoms with van der Waals surface area (Å²) in [6, 6.07) is 4.55. The number of hydrogen-bond donors (Lipinski definition) is 2. The number of nitrogen functional groups attached to an aromatic ring is 1. The van der Waals surface area contributed by atoms with Gasteiger partial charge in [0.1, 0.15) is 0 Å². The second-order valence-corrected chi connectivity index (χ2v) is 5.69. The second-order valence-electron chi connectivity index (χ2n) is 5.69. The lowest BCUT2D eigenvalue weighted by molar-refractivity contribution is 0.386. The molecular weight excluding hydrogens is 311 g/mol. The second kappa shape index (κ2) is 7.29. The van der Waals surface area contributed by atoms with E-state index in [1.165, 1.54) is 32.1 Å². The fourth-order valence-electron chi connectivity index (χ4n) is 2.72. The summed E-state index contributed by atoms with van der Waals surface area (Å²) in [5, 5.41) is 2.97. The maximum absolute atomic E-state index is 13.8. The van der Waals surface area contributed by atoms with E-state index in [0.29, 0.717) is 17.6 Å². The average molecular weight is 332 g/mol. The molecule has 1 aromatic heterocycles. The van der Waals surface area contributed by atoms with Gasteiger partial charge in [-0.25, -0.2) is 4.39 Å². The highest BCUT2D eigenvalue weighted by Gasteiger charge is 2.15. The van der Waals surface area contributed by atoms with Gasteiger partial charge in [-0.3, -0.25) is 0 Å². The molecule has 3 rings (SSSR count). The minimum atomic E-state index is -0.461. The zero-order chi connectivity index (χ0) is 16.9. The van der Waals surface area contributed by atoms with Crippen LogP contribution in [0, 0.1) is 5.82 Å². The topological polar surface area (TPSA) is 89.2 Å². The van der Waals surface area contributed by atoms with Gasteiger partial charge in [-0.15, -0.1) is 0 Å². The summed E-state index contributed by atoms with van der Waals surface area (Å²) in [6.07, 6.45) is 4.65. The summed E-state index contributed by atoms with van der Waals surface area (Å²) >= 11 is 0. The third-order valence-corrected chi connectivity index (χ3v) is 3.94. The van der Waals surface area contributed by atoms with Gasteiger partial charge in [0.2, 0.25) is 17.8 Å². The molecule has 0 spiro atoms. The molecule has 0 atom stereocenters. The Labute approximate surface area is 140 Å². The standard InChI is InChI=1S/C16H21FN6O/c1-24-13-7-6-11(10-12(13)17)19-15-20-14(18)21-16(22-15)23-8-4-2-3-5-9-23/h6-7,10H,2-5,8-9H2,1H3,(H3,18,19,20,21,22). The molecular formula is C16H21FN6O. The number of benzene rings is 1. The molecule has 1 aliphatic rings. The molecule has 128 valence electrons. The highest BCUT2D eigenvalue weighted by molar-refractivity contribution is 5.57. The quantitative estimate of drug-likeness (QED) is 0.889. The molecule has 0 amide bonds. The molecule has 1 saturated heterocycles. The van der Waals surface area contributed by atoms with Crippen molar-refractivity contribution in [2.45, 2.75) is 25.7 Å². The number of nitrogens with zero attached hydrogens (tertiary/aromatic N) is 4. The normalized spacial score (nSPS) is 15.0. The van der Waals surface area contributed by atoms with E-state index in [2.05, 4.69) is 25.2 Å². The lowest BCUT2D eigenvalue weighted by Crippen LogP contribution is -2.26. The number of anilines is 4.